The zero-order valence-corrected chi connectivity index (χ0v) is 19.7. The summed E-state index contributed by atoms with van der Waals surface area (Å²) in [6.07, 6.45) is 0. The van der Waals surface area contributed by atoms with Crippen LogP contribution in [0.4, 0.5) is 0 Å². The fourth-order valence-corrected chi connectivity index (χ4v) is 4.36. The Hall–Kier alpha value is -4.91. The molecule has 0 saturated carbocycles. The van der Waals surface area contributed by atoms with E-state index in [1.165, 1.54) is 0 Å². The minimum atomic E-state index is -0.0830. The number of benzene rings is 4. The molecule has 0 amide bonds. The van der Waals surface area contributed by atoms with Gasteiger partial charge in [0, 0.05) is 22.6 Å². The molecule has 178 valence electrons. The van der Waals surface area contributed by atoms with E-state index in [-0.39, 0.29) is 17.2 Å². The van der Waals surface area contributed by atoms with Crippen LogP contribution in [0.1, 0.15) is 22.3 Å². The Labute approximate surface area is 207 Å². The van der Waals surface area contributed by atoms with Crippen molar-refractivity contribution in [2.75, 3.05) is 0 Å². The van der Waals surface area contributed by atoms with Gasteiger partial charge in [-0.05, 0) is 71.3 Å². The molecule has 7 heteroatoms. The standard InChI is InChI=1S/C29H25N5O2/c1-17-11-27(35)34(16-18-5-6-19-7-8-21(29(32)33)13-22(19)12-18)26-10-9-24(15-25(17)26)36-23-4-2-3-20(14-23)28(30)31/h2-15H,16H2,1H3,(H3,30,31)(H3,32,33). The maximum atomic E-state index is 13.0. The largest absolute Gasteiger partial charge is 0.457 e. The second kappa shape index (κ2) is 9.03. The monoisotopic (exact) mass is 475 g/mol. The number of amidine groups is 2. The van der Waals surface area contributed by atoms with Crippen molar-refractivity contribution in [1.29, 1.82) is 10.8 Å². The van der Waals surface area contributed by atoms with E-state index in [9.17, 15) is 4.79 Å². The van der Waals surface area contributed by atoms with Gasteiger partial charge in [0.15, 0.2) is 0 Å². The number of nitrogens with two attached hydrogens (primary N) is 2. The summed E-state index contributed by atoms with van der Waals surface area (Å²) in [6.45, 7) is 2.31. The van der Waals surface area contributed by atoms with Crippen LogP contribution in [0, 0.1) is 17.7 Å². The number of rotatable bonds is 6. The molecular weight excluding hydrogens is 450 g/mol. The molecule has 6 N–H and O–H groups in total. The van der Waals surface area contributed by atoms with E-state index in [1.807, 2.05) is 67.6 Å². The minimum absolute atomic E-state index is 0.0223. The highest BCUT2D eigenvalue weighted by molar-refractivity contribution is 5.99. The lowest BCUT2D eigenvalue weighted by molar-refractivity contribution is 0.483. The van der Waals surface area contributed by atoms with Crippen LogP contribution in [-0.4, -0.2) is 16.2 Å². The summed E-state index contributed by atoms with van der Waals surface area (Å²) >= 11 is 0. The van der Waals surface area contributed by atoms with Gasteiger partial charge in [0.1, 0.15) is 23.2 Å². The molecule has 5 rings (SSSR count). The summed E-state index contributed by atoms with van der Waals surface area (Å²) in [5.74, 6) is 1.20. The number of aryl methyl sites for hydroxylation is 1. The number of nitrogen functional groups attached to an aromatic ring is 2. The molecular formula is C29H25N5O2. The van der Waals surface area contributed by atoms with Crippen molar-refractivity contribution in [2.24, 2.45) is 11.5 Å². The van der Waals surface area contributed by atoms with Crippen LogP contribution >= 0.6 is 0 Å². The van der Waals surface area contributed by atoms with Crippen LogP contribution in [0.2, 0.25) is 0 Å². The van der Waals surface area contributed by atoms with Gasteiger partial charge in [-0.2, -0.15) is 0 Å². The Kier molecular flexibility index (Phi) is 5.74. The predicted octanol–water partition coefficient (Wildman–Crippen LogP) is 4.87. The maximum absolute atomic E-state index is 13.0. The molecule has 0 atom stereocenters. The van der Waals surface area contributed by atoms with Crippen LogP contribution < -0.4 is 21.8 Å². The van der Waals surface area contributed by atoms with Gasteiger partial charge in [-0.1, -0.05) is 36.4 Å². The van der Waals surface area contributed by atoms with Crippen LogP contribution in [0.3, 0.4) is 0 Å². The second-order valence-corrected chi connectivity index (χ2v) is 8.78. The van der Waals surface area contributed by atoms with Gasteiger partial charge in [-0.15, -0.1) is 0 Å². The SMILES string of the molecule is Cc1cc(=O)n(Cc2ccc3ccc(C(=N)N)cc3c2)c2ccc(Oc3cccc(C(=N)N)c3)cc12. The second-order valence-electron chi connectivity index (χ2n) is 8.78. The van der Waals surface area contributed by atoms with Gasteiger partial charge in [0.25, 0.3) is 5.56 Å². The Morgan fingerprint density at radius 1 is 0.806 bits per heavy atom. The van der Waals surface area contributed by atoms with E-state index in [0.717, 1.165) is 32.8 Å². The molecule has 7 nitrogen and oxygen atoms in total. The maximum Gasteiger partial charge on any atom is 0.251 e. The third kappa shape index (κ3) is 4.42. The molecule has 0 spiro atoms. The molecule has 0 radical (unpaired) electrons. The van der Waals surface area contributed by atoms with E-state index in [4.69, 9.17) is 27.0 Å². The number of nitrogens with zero attached hydrogens (tertiary/aromatic N) is 1. The van der Waals surface area contributed by atoms with Gasteiger partial charge in [0.2, 0.25) is 0 Å². The number of nitrogens with one attached hydrogen (secondary N) is 2. The van der Waals surface area contributed by atoms with Crippen LogP contribution in [0.25, 0.3) is 21.7 Å². The molecule has 0 aliphatic carbocycles. The minimum Gasteiger partial charge on any atom is -0.457 e. The fourth-order valence-electron chi connectivity index (χ4n) is 4.36. The van der Waals surface area contributed by atoms with Crippen molar-refractivity contribution in [2.45, 2.75) is 13.5 Å². The Morgan fingerprint density at radius 2 is 1.53 bits per heavy atom. The van der Waals surface area contributed by atoms with Crippen molar-refractivity contribution < 1.29 is 4.74 Å². The summed E-state index contributed by atoms with van der Waals surface area (Å²) in [5, 5.41) is 18.3. The molecule has 4 aromatic carbocycles. The highest BCUT2D eigenvalue weighted by Gasteiger charge is 2.10. The van der Waals surface area contributed by atoms with Gasteiger partial charge in [0.05, 0.1) is 12.1 Å². The topological polar surface area (TPSA) is 131 Å². The highest BCUT2D eigenvalue weighted by Crippen LogP contribution is 2.28. The van der Waals surface area contributed by atoms with Gasteiger partial charge < -0.3 is 20.8 Å². The van der Waals surface area contributed by atoms with Gasteiger partial charge in [-0.3, -0.25) is 15.6 Å². The van der Waals surface area contributed by atoms with Crippen molar-refractivity contribution in [3.63, 3.8) is 0 Å². The first-order valence-corrected chi connectivity index (χ1v) is 11.4. The molecule has 0 bridgehead atoms. The fraction of sp³-hybridized carbons (Fsp3) is 0.0690. The summed E-state index contributed by atoms with van der Waals surface area (Å²) in [4.78, 5) is 13.0. The number of pyridine rings is 1. The Bertz CT molecular complexity index is 1740. The molecule has 0 saturated heterocycles. The van der Waals surface area contributed by atoms with Crippen molar-refractivity contribution >= 4 is 33.3 Å². The third-order valence-electron chi connectivity index (χ3n) is 6.23. The van der Waals surface area contributed by atoms with E-state index < -0.39 is 0 Å². The lowest BCUT2D eigenvalue weighted by Crippen LogP contribution is -2.21. The van der Waals surface area contributed by atoms with Crippen molar-refractivity contribution in [1.82, 2.24) is 4.57 Å². The lowest BCUT2D eigenvalue weighted by Gasteiger charge is -2.14. The quantitative estimate of drug-likeness (QED) is 0.206. The molecule has 1 heterocycles. The normalized spacial score (nSPS) is 11.0. The van der Waals surface area contributed by atoms with Crippen LogP contribution in [0.15, 0.2) is 89.7 Å². The molecule has 0 unspecified atom stereocenters. The Balaban J connectivity index is 1.52. The van der Waals surface area contributed by atoms with Gasteiger partial charge in [-0.25, -0.2) is 0 Å². The molecule has 0 aliphatic heterocycles. The molecule has 5 aromatic rings. The molecule has 0 aliphatic rings. The average molecular weight is 476 g/mol. The number of aromatic nitrogens is 1. The summed E-state index contributed by atoms with van der Waals surface area (Å²) < 4.78 is 7.78. The number of ether oxygens (including phenoxy) is 1. The van der Waals surface area contributed by atoms with E-state index in [0.29, 0.717) is 29.2 Å². The Morgan fingerprint density at radius 3 is 2.31 bits per heavy atom. The zero-order chi connectivity index (χ0) is 25.4. The first-order valence-electron chi connectivity index (χ1n) is 11.4. The first-order chi connectivity index (χ1) is 17.3. The van der Waals surface area contributed by atoms with Crippen molar-refractivity contribution in [3.8, 4) is 11.5 Å². The van der Waals surface area contributed by atoms with Crippen LogP contribution in [0.5, 0.6) is 11.5 Å². The molecule has 1 aromatic heterocycles. The first kappa shape index (κ1) is 22.9. The lowest BCUT2D eigenvalue weighted by atomic mass is 10.0. The van der Waals surface area contributed by atoms with Crippen LogP contribution in [-0.2, 0) is 6.54 Å². The summed E-state index contributed by atoms with van der Waals surface area (Å²) in [5.41, 5.74) is 15.1. The number of fused-ring (bicyclic) bond motifs is 2. The predicted molar refractivity (Wildman–Crippen MR) is 145 cm³/mol. The van der Waals surface area contributed by atoms with Gasteiger partial charge >= 0.3 is 0 Å². The van der Waals surface area contributed by atoms with E-state index >= 15 is 0 Å². The average Bonchev–Trinajstić information content (AvgIpc) is 2.86. The third-order valence-corrected chi connectivity index (χ3v) is 6.23. The molecule has 0 fully saturated rings. The number of hydrogen-bond donors (Lipinski definition) is 4. The van der Waals surface area contributed by atoms with E-state index in [2.05, 4.69) is 0 Å². The smallest absolute Gasteiger partial charge is 0.251 e. The molecule has 36 heavy (non-hydrogen) atoms. The van der Waals surface area contributed by atoms with E-state index in [1.54, 1.807) is 28.8 Å². The number of hydrogen-bond acceptors (Lipinski definition) is 4. The van der Waals surface area contributed by atoms with Crippen molar-refractivity contribution in [3.05, 3.63) is 118 Å². The summed E-state index contributed by atoms with van der Waals surface area (Å²) in [7, 11) is 0. The summed E-state index contributed by atoms with van der Waals surface area (Å²) in [6, 6.07) is 26.1. The highest BCUT2D eigenvalue weighted by atomic mass is 16.5. The zero-order valence-electron chi connectivity index (χ0n) is 19.7.